The molecular formula is C10H14N6. The molecule has 0 aliphatic heterocycles. The minimum Gasteiger partial charge on any atom is -0.340 e. The van der Waals surface area contributed by atoms with E-state index in [0.717, 1.165) is 13.1 Å². The molecule has 0 aliphatic carbocycles. The van der Waals surface area contributed by atoms with E-state index in [-0.39, 0.29) is 0 Å². The van der Waals surface area contributed by atoms with Gasteiger partial charge in [-0.1, -0.05) is 0 Å². The van der Waals surface area contributed by atoms with Gasteiger partial charge in [-0.3, -0.25) is 5.10 Å². The van der Waals surface area contributed by atoms with Crippen molar-refractivity contribution in [2.45, 2.75) is 13.8 Å². The third-order valence-corrected chi connectivity index (χ3v) is 2.30. The van der Waals surface area contributed by atoms with Crippen molar-refractivity contribution < 1.29 is 0 Å². The second-order valence-corrected chi connectivity index (χ2v) is 3.23. The summed E-state index contributed by atoms with van der Waals surface area (Å²) in [5.74, 6) is 1.85. The molecule has 2 aromatic heterocycles. The van der Waals surface area contributed by atoms with Gasteiger partial charge in [0, 0.05) is 25.5 Å². The van der Waals surface area contributed by atoms with Crippen molar-refractivity contribution >= 4 is 5.95 Å². The zero-order valence-corrected chi connectivity index (χ0v) is 9.38. The standard InChI is InChI=1S/C10H14N6/c1-3-16(4-2)10-13-9(14-15-10)8-11-6-5-7-12-8/h5-7H,3-4H2,1-2H3,(H,13,14,15). The van der Waals surface area contributed by atoms with Crippen molar-refractivity contribution in [1.82, 2.24) is 25.1 Å². The van der Waals surface area contributed by atoms with Gasteiger partial charge in [-0.25, -0.2) is 9.97 Å². The first kappa shape index (κ1) is 10.5. The number of nitrogens with zero attached hydrogens (tertiary/aromatic N) is 5. The Bertz CT molecular complexity index is 434. The van der Waals surface area contributed by atoms with Crippen LogP contribution < -0.4 is 4.90 Å². The lowest BCUT2D eigenvalue weighted by molar-refractivity contribution is 0.824. The van der Waals surface area contributed by atoms with E-state index in [1.54, 1.807) is 18.5 Å². The van der Waals surface area contributed by atoms with Gasteiger partial charge in [-0.15, -0.1) is 5.10 Å². The van der Waals surface area contributed by atoms with Crippen LogP contribution in [0.4, 0.5) is 5.95 Å². The molecule has 0 aliphatic rings. The number of hydrogen-bond donors (Lipinski definition) is 1. The Morgan fingerprint density at radius 3 is 2.50 bits per heavy atom. The topological polar surface area (TPSA) is 70.6 Å². The maximum absolute atomic E-state index is 4.36. The summed E-state index contributed by atoms with van der Waals surface area (Å²) in [6.07, 6.45) is 3.36. The van der Waals surface area contributed by atoms with E-state index < -0.39 is 0 Å². The van der Waals surface area contributed by atoms with E-state index in [1.165, 1.54) is 0 Å². The molecule has 2 rings (SSSR count). The van der Waals surface area contributed by atoms with Crippen LogP contribution >= 0.6 is 0 Å². The van der Waals surface area contributed by atoms with Gasteiger partial charge in [-0.05, 0) is 19.9 Å². The highest BCUT2D eigenvalue weighted by molar-refractivity contribution is 5.45. The minimum atomic E-state index is 0.563. The second-order valence-electron chi connectivity index (χ2n) is 3.23. The molecule has 6 heteroatoms. The number of hydrogen-bond acceptors (Lipinski definition) is 5. The smallest absolute Gasteiger partial charge is 0.245 e. The quantitative estimate of drug-likeness (QED) is 0.832. The Kier molecular flexibility index (Phi) is 3.09. The lowest BCUT2D eigenvalue weighted by atomic mass is 10.5. The minimum absolute atomic E-state index is 0.563. The zero-order valence-electron chi connectivity index (χ0n) is 9.38. The average molecular weight is 218 g/mol. The van der Waals surface area contributed by atoms with Crippen molar-refractivity contribution in [2.24, 2.45) is 0 Å². The molecule has 0 atom stereocenters. The summed E-state index contributed by atoms with van der Waals surface area (Å²) in [5.41, 5.74) is 0. The van der Waals surface area contributed by atoms with Crippen molar-refractivity contribution in [2.75, 3.05) is 18.0 Å². The van der Waals surface area contributed by atoms with Gasteiger partial charge in [0.15, 0.2) is 11.6 Å². The van der Waals surface area contributed by atoms with Crippen LogP contribution in [0.2, 0.25) is 0 Å². The van der Waals surface area contributed by atoms with Gasteiger partial charge >= 0.3 is 0 Å². The molecule has 0 amide bonds. The fraction of sp³-hybridized carbons (Fsp3) is 0.400. The van der Waals surface area contributed by atoms with E-state index in [9.17, 15) is 0 Å². The number of aromatic amines is 1. The first-order valence-corrected chi connectivity index (χ1v) is 5.29. The predicted molar refractivity (Wildman–Crippen MR) is 61.0 cm³/mol. The van der Waals surface area contributed by atoms with Crippen LogP contribution in [0.3, 0.4) is 0 Å². The Balaban J connectivity index is 2.26. The van der Waals surface area contributed by atoms with Crippen molar-refractivity contribution in [3.63, 3.8) is 0 Å². The molecule has 0 saturated heterocycles. The van der Waals surface area contributed by atoms with Crippen LogP contribution in [-0.2, 0) is 0 Å². The van der Waals surface area contributed by atoms with Gasteiger partial charge < -0.3 is 4.90 Å². The number of nitrogens with one attached hydrogen (secondary N) is 1. The lowest BCUT2D eigenvalue weighted by Crippen LogP contribution is -2.23. The van der Waals surface area contributed by atoms with Crippen molar-refractivity contribution in [1.29, 1.82) is 0 Å². The molecule has 2 heterocycles. The molecule has 0 unspecified atom stereocenters. The predicted octanol–water partition coefficient (Wildman–Crippen LogP) is 1.11. The first-order chi connectivity index (χ1) is 7.85. The molecule has 1 N–H and O–H groups in total. The fourth-order valence-electron chi connectivity index (χ4n) is 1.42. The molecular weight excluding hydrogens is 204 g/mol. The number of anilines is 1. The SMILES string of the molecule is CCN(CC)c1n[nH]c(-c2ncccn2)n1. The molecule has 0 saturated carbocycles. The third kappa shape index (κ3) is 2.00. The summed E-state index contributed by atoms with van der Waals surface area (Å²) in [5, 5.41) is 6.99. The van der Waals surface area contributed by atoms with Gasteiger partial charge in [-0.2, -0.15) is 4.98 Å². The normalized spacial score (nSPS) is 10.4. The average Bonchev–Trinajstić information content (AvgIpc) is 2.81. The van der Waals surface area contributed by atoms with Gasteiger partial charge in [0.05, 0.1) is 0 Å². The summed E-state index contributed by atoms with van der Waals surface area (Å²) >= 11 is 0. The molecule has 0 fully saturated rings. The van der Waals surface area contributed by atoms with Crippen molar-refractivity contribution in [3.05, 3.63) is 18.5 Å². The number of rotatable bonds is 4. The molecule has 84 valence electrons. The molecule has 0 bridgehead atoms. The number of H-pyrrole nitrogens is 1. The summed E-state index contributed by atoms with van der Waals surface area (Å²) in [7, 11) is 0. The Morgan fingerprint density at radius 2 is 1.88 bits per heavy atom. The van der Waals surface area contributed by atoms with Crippen LogP contribution in [0.25, 0.3) is 11.6 Å². The largest absolute Gasteiger partial charge is 0.340 e. The van der Waals surface area contributed by atoms with E-state index in [0.29, 0.717) is 17.6 Å². The third-order valence-electron chi connectivity index (χ3n) is 2.30. The lowest BCUT2D eigenvalue weighted by Gasteiger charge is -2.14. The molecule has 2 aromatic rings. The Hall–Kier alpha value is -1.98. The molecule has 0 spiro atoms. The Labute approximate surface area is 93.8 Å². The van der Waals surface area contributed by atoms with Gasteiger partial charge in [0.25, 0.3) is 0 Å². The summed E-state index contributed by atoms with van der Waals surface area (Å²) in [6.45, 7) is 5.89. The molecule has 6 nitrogen and oxygen atoms in total. The first-order valence-electron chi connectivity index (χ1n) is 5.29. The zero-order chi connectivity index (χ0) is 11.4. The number of aromatic nitrogens is 5. The van der Waals surface area contributed by atoms with Crippen LogP contribution in [0.1, 0.15) is 13.8 Å². The van der Waals surface area contributed by atoms with Gasteiger partial charge in [0.1, 0.15) is 0 Å². The second kappa shape index (κ2) is 4.69. The van der Waals surface area contributed by atoms with E-state index >= 15 is 0 Å². The highest BCUT2D eigenvalue weighted by atomic mass is 15.4. The van der Waals surface area contributed by atoms with E-state index in [1.807, 2.05) is 0 Å². The molecule has 0 aromatic carbocycles. The summed E-state index contributed by atoms with van der Waals surface area (Å²) in [4.78, 5) is 14.6. The van der Waals surface area contributed by atoms with Crippen LogP contribution in [0.5, 0.6) is 0 Å². The van der Waals surface area contributed by atoms with Crippen LogP contribution in [0.15, 0.2) is 18.5 Å². The Morgan fingerprint density at radius 1 is 1.19 bits per heavy atom. The monoisotopic (exact) mass is 218 g/mol. The highest BCUT2D eigenvalue weighted by Gasteiger charge is 2.11. The molecule has 16 heavy (non-hydrogen) atoms. The van der Waals surface area contributed by atoms with Crippen LogP contribution in [-0.4, -0.2) is 38.2 Å². The maximum atomic E-state index is 4.36. The van der Waals surface area contributed by atoms with Gasteiger partial charge in [0.2, 0.25) is 5.95 Å². The highest BCUT2D eigenvalue weighted by Crippen LogP contribution is 2.12. The fourth-order valence-corrected chi connectivity index (χ4v) is 1.42. The maximum Gasteiger partial charge on any atom is 0.245 e. The summed E-state index contributed by atoms with van der Waals surface area (Å²) in [6, 6.07) is 1.77. The van der Waals surface area contributed by atoms with Crippen LogP contribution in [0, 0.1) is 0 Å². The molecule has 0 radical (unpaired) electrons. The van der Waals surface area contributed by atoms with E-state index in [2.05, 4.69) is 43.9 Å². The van der Waals surface area contributed by atoms with E-state index in [4.69, 9.17) is 0 Å². The van der Waals surface area contributed by atoms with Crippen molar-refractivity contribution in [3.8, 4) is 11.6 Å². The summed E-state index contributed by atoms with van der Waals surface area (Å²) < 4.78 is 0.